The average molecular weight is 251 g/mol. The predicted molar refractivity (Wildman–Crippen MR) is 73.0 cm³/mol. The number of aromatic nitrogens is 1. The second-order valence-electron chi connectivity index (χ2n) is 4.16. The van der Waals surface area contributed by atoms with Gasteiger partial charge in [0.2, 0.25) is 5.88 Å². The van der Waals surface area contributed by atoms with Gasteiger partial charge in [-0.2, -0.15) is 0 Å². The highest BCUT2D eigenvalue weighted by Gasteiger charge is 2.18. The van der Waals surface area contributed by atoms with Crippen LogP contribution in [0.25, 0.3) is 0 Å². The number of hydrogen-bond acceptors (Lipinski definition) is 5. The number of amidine groups is 1. The Bertz CT molecular complexity index is 405. The van der Waals surface area contributed by atoms with E-state index in [4.69, 9.17) is 4.74 Å². The summed E-state index contributed by atoms with van der Waals surface area (Å²) in [6.45, 7) is 4.37. The third-order valence-corrected chi connectivity index (χ3v) is 3.55. The third-order valence-electron chi connectivity index (χ3n) is 2.52. The molecule has 1 N–H and O–H groups in total. The van der Waals surface area contributed by atoms with Crippen LogP contribution in [0.15, 0.2) is 23.3 Å². The Kier molecular flexibility index (Phi) is 3.89. The van der Waals surface area contributed by atoms with Crippen molar-refractivity contribution in [1.82, 2.24) is 4.98 Å². The quantitative estimate of drug-likeness (QED) is 0.878. The van der Waals surface area contributed by atoms with Crippen molar-refractivity contribution in [3.63, 3.8) is 0 Å². The molecule has 0 radical (unpaired) electrons. The van der Waals surface area contributed by atoms with E-state index in [2.05, 4.69) is 29.1 Å². The average Bonchev–Trinajstić information content (AvgIpc) is 2.28. The van der Waals surface area contributed by atoms with Crippen molar-refractivity contribution in [2.24, 2.45) is 4.99 Å². The van der Waals surface area contributed by atoms with Crippen molar-refractivity contribution in [2.45, 2.75) is 31.6 Å². The highest BCUT2D eigenvalue weighted by molar-refractivity contribution is 8.14. The predicted octanol–water partition coefficient (Wildman–Crippen LogP) is 2.77. The molecule has 2 atom stereocenters. The molecule has 1 aromatic rings. The lowest BCUT2D eigenvalue weighted by atomic mass is 10.2. The van der Waals surface area contributed by atoms with Gasteiger partial charge in [-0.25, -0.2) is 4.98 Å². The van der Waals surface area contributed by atoms with E-state index in [1.165, 1.54) is 0 Å². The Balaban J connectivity index is 2.04. The van der Waals surface area contributed by atoms with Gasteiger partial charge in [-0.1, -0.05) is 18.7 Å². The third kappa shape index (κ3) is 3.36. The molecule has 0 amide bonds. The first-order valence-electron chi connectivity index (χ1n) is 5.69. The molecule has 2 heterocycles. The van der Waals surface area contributed by atoms with E-state index >= 15 is 0 Å². The summed E-state index contributed by atoms with van der Waals surface area (Å²) < 4.78 is 5.02. The number of pyridine rings is 1. The minimum atomic E-state index is 0.389. The molecule has 5 heteroatoms. The molecule has 1 aromatic heterocycles. The van der Waals surface area contributed by atoms with Crippen LogP contribution in [0, 0.1) is 0 Å². The number of thioether (sulfide) groups is 1. The van der Waals surface area contributed by atoms with E-state index in [1.54, 1.807) is 25.1 Å². The van der Waals surface area contributed by atoms with E-state index in [0.717, 1.165) is 17.3 Å². The molecule has 0 saturated carbocycles. The van der Waals surface area contributed by atoms with Crippen LogP contribution in [0.5, 0.6) is 5.88 Å². The van der Waals surface area contributed by atoms with Gasteiger partial charge >= 0.3 is 0 Å². The molecular formula is C12H17N3OS. The first-order valence-corrected chi connectivity index (χ1v) is 6.57. The van der Waals surface area contributed by atoms with Gasteiger partial charge in [0, 0.05) is 11.3 Å². The van der Waals surface area contributed by atoms with Crippen molar-refractivity contribution in [3.8, 4) is 5.88 Å². The summed E-state index contributed by atoms with van der Waals surface area (Å²) in [5.41, 5.74) is 0.943. The Morgan fingerprint density at radius 2 is 2.24 bits per heavy atom. The maximum absolute atomic E-state index is 5.02. The number of hydrogen-bond donors (Lipinski definition) is 1. The molecule has 1 aliphatic heterocycles. The zero-order valence-electron chi connectivity index (χ0n) is 10.3. The van der Waals surface area contributed by atoms with E-state index in [-0.39, 0.29) is 0 Å². The van der Waals surface area contributed by atoms with Crippen LogP contribution in [0.4, 0.5) is 5.69 Å². The highest BCUT2D eigenvalue weighted by Crippen LogP contribution is 2.26. The summed E-state index contributed by atoms with van der Waals surface area (Å²) in [7, 11) is 1.61. The smallest absolute Gasteiger partial charge is 0.213 e. The van der Waals surface area contributed by atoms with Crippen molar-refractivity contribution < 1.29 is 4.74 Å². The summed E-state index contributed by atoms with van der Waals surface area (Å²) in [5.74, 6) is 0.621. The zero-order valence-corrected chi connectivity index (χ0v) is 11.1. The normalized spacial score (nSPS) is 24.1. The van der Waals surface area contributed by atoms with Gasteiger partial charge in [0.05, 0.1) is 25.0 Å². The summed E-state index contributed by atoms with van der Waals surface area (Å²) in [4.78, 5) is 8.73. The maximum atomic E-state index is 5.02. The van der Waals surface area contributed by atoms with Crippen molar-refractivity contribution in [2.75, 3.05) is 12.4 Å². The fourth-order valence-corrected chi connectivity index (χ4v) is 2.94. The van der Waals surface area contributed by atoms with Gasteiger partial charge in [0.15, 0.2) is 5.17 Å². The van der Waals surface area contributed by atoms with Gasteiger partial charge in [-0.3, -0.25) is 4.99 Å². The van der Waals surface area contributed by atoms with Crippen molar-refractivity contribution in [3.05, 3.63) is 18.3 Å². The summed E-state index contributed by atoms with van der Waals surface area (Å²) in [6.07, 6.45) is 2.89. The van der Waals surface area contributed by atoms with E-state index in [0.29, 0.717) is 17.2 Å². The van der Waals surface area contributed by atoms with E-state index in [9.17, 15) is 0 Å². The molecule has 0 spiro atoms. The topological polar surface area (TPSA) is 46.5 Å². The first kappa shape index (κ1) is 12.2. The fraction of sp³-hybridized carbons (Fsp3) is 0.500. The number of methoxy groups -OCH3 is 1. The largest absolute Gasteiger partial charge is 0.481 e. The first-order chi connectivity index (χ1) is 8.17. The zero-order chi connectivity index (χ0) is 12.3. The molecule has 0 aliphatic carbocycles. The molecule has 0 aromatic carbocycles. The van der Waals surface area contributed by atoms with Gasteiger partial charge < -0.3 is 10.1 Å². The van der Waals surface area contributed by atoms with Crippen LogP contribution in [-0.4, -0.2) is 28.6 Å². The monoisotopic (exact) mass is 251 g/mol. The summed E-state index contributed by atoms with van der Waals surface area (Å²) in [6, 6.07) is 4.17. The Labute approximate surface area is 106 Å². The molecule has 0 saturated heterocycles. The lowest BCUT2D eigenvalue weighted by molar-refractivity contribution is 0.398. The summed E-state index contributed by atoms with van der Waals surface area (Å²) >= 11 is 1.77. The molecule has 2 unspecified atom stereocenters. The molecule has 1 aliphatic rings. The Morgan fingerprint density at radius 3 is 2.82 bits per heavy atom. The lowest BCUT2D eigenvalue weighted by Crippen LogP contribution is -2.22. The second kappa shape index (κ2) is 5.40. The van der Waals surface area contributed by atoms with Crippen LogP contribution in [-0.2, 0) is 0 Å². The Morgan fingerprint density at radius 1 is 1.41 bits per heavy atom. The number of nitrogens with zero attached hydrogens (tertiary/aromatic N) is 2. The number of rotatable bonds is 2. The van der Waals surface area contributed by atoms with Crippen LogP contribution in [0.3, 0.4) is 0 Å². The molecule has 92 valence electrons. The van der Waals surface area contributed by atoms with Gasteiger partial charge in [0.25, 0.3) is 0 Å². The van der Waals surface area contributed by atoms with Gasteiger partial charge in [0.1, 0.15) is 0 Å². The van der Waals surface area contributed by atoms with Crippen LogP contribution >= 0.6 is 11.8 Å². The minimum absolute atomic E-state index is 0.389. The van der Waals surface area contributed by atoms with E-state index < -0.39 is 0 Å². The fourth-order valence-electron chi connectivity index (χ4n) is 1.76. The molecule has 4 nitrogen and oxygen atoms in total. The standard InChI is InChI=1S/C12H17N3OS/c1-8-6-9(2)17-12(14-8)15-10-4-5-11(16-3)13-7-10/h4-5,7-9H,6H2,1-3H3,(H,14,15). The van der Waals surface area contributed by atoms with Crippen LogP contribution in [0.2, 0.25) is 0 Å². The number of anilines is 1. The van der Waals surface area contributed by atoms with E-state index in [1.807, 2.05) is 12.1 Å². The van der Waals surface area contributed by atoms with Crippen LogP contribution in [0.1, 0.15) is 20.3 Å². The molecule has 2 rings (SSSR count). The SMILES string of the molecule is COc1ccc(NC2=NC(C)CC(C)S2)cn1. The summed E-state index contributed by atoms with van der Waals surface area (Å²) in [5, 5.41) is 4.87. The van der Waals surface area contributed by atoms with Crippen LogP contribution < -0.4 is 10.1 Å². The number of aliphatic imine (C=N–C) groups is 1. The molecule has 17 heavy (non-hydrogen) atoms. The number of ether oxygens (including phenoxy) is 1. The minimum Gasteiger partial charge on any atom is -0.481 e. The van der Waals surface area contributed by atoms with Crippen molar-refractivity contribution >= 4 is 22.6 Å². The lowest BCUT2D eigenvalue weighted by Gasteiger charge is -2.22. The molecular weight excluding hydrogens is 234 g/mol. The maximum Gasteiger partial charge on any atom is 0.213 e. The Hall–Kier alpha value is -1.23. The highest BCUT2D eigenvalue weighted by atomic mass is 32.2. The molecule has 0 fully saturated rings. The second-order valence-corrected chi connectivity index (χ2v) is 5.59. The van der Waals surface area contributed by atoms with Gasteiger partial charge in [-0.15, -0.1) is 0 Å². The van der Waals surface area contributed by atoms with Gasteiger partial charge in [-0.05, 0) is 19.4 Å². The van der Waals surface area contributed by atoms with Crippen molar-refractivity contribution in [1.29, 1.82) is 0 Å². The number of nitrogens with one attached hydrogen (secondary N) is 1. The molecule has 0 bridgehead atoms.